The summed E-state index contributed by atoms with van der Waals surface area (Å²) in [5.41, 5.74) is 11.3. The molecule has 23 heavy (non-hydrogen) atoms. The average molecular weight is 340 g/mol. The highest BCUT2D eigenvalue weighted by Crippen LogP contribution is 2.28. The molecule has 10 N–H and O–H groups in total. The van der Waals surface area contributed by atoms with Crippen molar-refractivity contribution in [3.05, 3.63) is 5.73 Å². The van der Waals surface area contributed by atoms with E-state index in [0.717, 1.165) is 0 Å². The van der Waals surface area contributed by atoms with Gasteiger partial charge in [-0.05, 0) is 0 Å². The molecule has 0 spiro atoms. The molecule has 11 nitrogen and oxygen atoms in total. The zero-order chi connectivity index (χ0) is 17.3. The van der Waals surface area contributed by atoms with Gasteiger partial charge >= 0.3 is 0 Å². The second kappa shape index (κ2) is 7.63. The van der Waals surface area contributed by atoms with Crippen molar-refractivity contribution in [1.29, 1.82) is 0 Å². The van der Waals surface area contributed by atoms with Crippen LogP contribution in [0.2, 0.25) is 0 Å². The van der Waals surface area contributed by atoms with Crippen LogP contribution in [0.3, 0.4) is 0 Å². The topological polar surface area (TPSA) is 201 Å². The van der Waals surface area contributed by atoms with Gasteiger partial charge in [0, 0.05) is 0 Å². The first-order valence-corrected chi connectivity index (χ1v) is 7.26. The number of quaternary nitrogens is 1. The van der Waals surface area contributed by atoms with Crippen LogP contribution in [0, 0.1) is 0 Å². The Kier molecular flexibility index (Phi) is 6.27. The van der Waals surface area contributed by atoms with Crippen LogP contribution < -0.4 is 5.73 Å². The first kappa shape index (κ1) is 18.9. The minimum absolute atomic E-state index is 0.572. The summed E-state index contributed by atoms with van der Waals surface area (Å²) in [6, 6.07) is -2.37. The summed E-state index contributed by atoms with van der Waals surface area (Å²) in [6.45, 7) is -1.16. The Morgan fingerprint density at radius 1 is 0.913 bits per heavy atom. The number of aliphatic hydroxyl groups is 6. The predicted molar refractivity (Wildman–Crippen MR) is 71.4 cm³/mol. The van der Waals surface area contributed by atoms with E-state index in [-0.39, 0.29) is 0 Å². The summed E-state index contributed by atoms with van der Waals surface area (Å²) < 4.78 is 15.8. The fraction of sp³-hybridized carbons (Fsp3) is 1.00. The zero-order valence-electron chi connectivity index (χ0n) is 12.3. The van der Waals surface area contributed by atoms with Gasteiger partial charge in [-0.3, -0.25) is 0 Å². The van der Waals surface area contributed by atoms with Gasteiger partial charge in [-0.2, -0.15) is 0 Å². The van der Waals surface area contributed by atoms with Crippen molar-refractivity contribution in [1.82, 2.24) is 0 Å². The molecular weight excluding hydrogens is 316 g/mol. The predicted octanol–water partition coefficient (Wildman–Crippen LogP) is -5.09. The Labute approximate surface area is 132 Å². The lowest BCUT2D eigenvalue weighted by Gasteiger charge is -2.47. The first-order valence-electron chi connectivity index (χ1n) is 7.26. The maximum Gasteiger partial charge on any atom is 0.214 e. The van der Waals surface area contributed by atoms with Crippen molar-refractivity contribution >= 4 is 0 Å². The fourth-order valence-corrected chi connectivity index (χ4v) is 2.68. The lowest BCUT2D eigenvalue weighted by atomic mass is 9.95. The first-order chi connectivity index (χ1) is 10.8. The molecule has 0 radical (unpaired) electrons. The highest BCUT2D eigenvalue weighted by molar-refractivity contribution is 4.98. The summed E-state index contributed by atoms with van der Waals surface area (Å²) in [4.78, 5) is 0. The Balaban J connectivity index is 2.11. The molecule has 0 aromatic heterocycles. The lowest BCUT2D eigenvalue weighted by molar-refractivity contribution is -0.506. The smallest absolute Gasteiger partial charge is 0.214 e. The number of aliphatic hydroxyl groups excluding tert-OH is 6. The van der Waals surface area contributed by atoms with E-state index in [1.165, 1.54) is 0 Å². The number of hydrogen-bond acceptors (Lipinski definition) is 9. The normalized spacial score (nSPS) is 51.7. The quantitative estimate of drug-likeness (QED) is 0.261. The van der Waals surface area contributed by atoms with Gasteiger partial charge in [-0.15, -0.1) is 0 Å². The second-order valence-electron chi connectivity index (χ2n) is 5.74. The third-order valence-electron chi connectivity index (χ3n) is 4.17. The van der Waals surface area contributed by atoms with Crippen molar-refractivity contribution in [2.24, 2.45) is 0 Å². The summed E-state index contributed by atoms with van der Waals surface area (Å²) in [6.07, 6.45) is -10.4. The zero-order valence-corrected chi connectivity index (χ0v) is 12.3. The van der Waals surface area contributed by atoms with Gasteiger partial charge in [0.05, 0.1) is 19.3 Å². The Hall–Kier alpha value is -0.440. The van der Waals surface area contributed by atoms with Gasteiger partial charge in [-0.25, -0.2) is 0 Å². The molecule has 2 heterocycles. The van der Waals surface area contributed by atoms with E-state index in [9.17, 15) is 25.5 Å². The third-order valence-corrected chi connectivity index (χ3v) is 4.17. The molecule has 2 rings (SSSR count). The summed E-state index contributed by atoms with van der Waals surface area (Å²) in [5.74, 6) is 0. The van der Waals surface area contributed by atoms with Crippen molar-refractivity contribution in [3.63, 3.8) is 0 Å². The molecule has 2 aliphatic rings. The Morgan fingerprint density at radius 2 is 1.52 bits per heavy atom. The number of ether oxygens (including phenoxy) is 3. The fourth-order valence-electron chi connectivity index (χ4n) is 2.68. The molecular formula is C12H24N2O9. The average Bonchev–Trinajstić information content (AvgIpc) is 2.55. The molecule has 0 aromatic carbocycles. The minimum Gasteiger partial charge on any atom is -0.668 e. The molecule has 2 aliphatic heterocycles. The summed E-state index contributed by atoms with van der Waals surface area (Å²) >= 11 is 0. The third kappa shape index (κ3) is 3.65. The maximum absolute atomic E-state index is 10.1. The summed E-state index contributed by atoms with van der Waals surface area (Å²) in [5, 5.41) is 57.7. The number of nitrogens with one attached hydrogen (secondary N) is 1. The van der Waals surface area contributed by atoms with Crippen LogP contribution in [0.5, 0.6) is 0 Å². The highest BCUT2D eigenvalue weighted by atomic mass is 16.7. The number of rotatable bonds is 4. The maximum atomic E-state index is 10.1. The molecule has 0 saturated carbocycles. The molecule has 0 aliphatic carbocycles. The SMILES string of the molecule is [NH-]C1C(O)OC(CO)C(OC2OC(CO)C(O)C(O)C2[NH3+])C1O. The molecule has 0 aromatic rings. The number of hydrogen-bond donors (Lipinski definition) is 7. The van der Waals surface area contributed by atoms with Gasteiger partial charge < -0.3 is 56.3 Å². The monoisotopic (exact) mass is 340 g/mol. The molecule has 11 heteroatoms. The van der Waals surface area contributed by atoms with E-state index in [0.29, 0.717) is 0 Å². The van der Waals surface area contributed by atoms with E-state index >= 15 is 0 Å². The van der Waals surface area contributed by atoms with Gasteiger partial charge in [0.1, 0.15) is 36.8 Å². The molecule has 10 unspecified atom stereocenters. The second-order valence-corrected chi connectivity index (χ2v) is 5.74. The van der Waals surface area contributed by atoms with E-state index < -0.39 is 74.5 Å². The van der Waals surface area contributed by atoms with Crippen molar-refractivity contribution < 1.29 is 50.6 Å². The molecule has 2 fully saturated rings. The van der Waals surface area contributed by atoms with Crippen molar-refractivity contribution in [2.45, 2.75) is 61.3 Å². The van der Waals surface area contributed by atoms with Crippen LogP contribution in [0.4, 0.5) is 0 Å². The minimum atomic E-state index is -1.58. The molecule has 0 amide bonds. The van der Waals surface area contributed by atoms with E-state index in [2.05, 4.69) is 5.73 Å². The van der Waals surface area contributed by atoms with Gasteiger partial charge in [0.2, 0.25) is 6.29 Å². The van der Waals surface area contributed by atoms with Crippen LogP contribution in [0.1, 0.15) is 0 Å². The van der Waals surface area contributed by atoms with Crippen LogP contribution >= 0.6 is 0 Å². The molecule has 2 saturated heterocycles. The van der Waals surface area contributed by atoms with Crippen LogP contribution in [0.25, 0.3) is 5.73 Å². The Bertz CT molecular complexity index is 386. The van der Waals surface area contributed by atoms with Crippen LogP contribution in [0.15, 0.2) is 0 Å². The Morgan fingerprint density at radius 3 is 2.09 bits per heavy atom. The highest BCUT2D eigenvalue weighted by Gasteiger charge is 2.49. The van der Waals surface area contributed by atoms with Crippen molar-refractivity contribution in [2.75, 3.05) is 13.2 Å². The van der Waals surface area contributed by atoms with Gasteiger partial charge in [0.25, 0.3) is 0 Å². The summed E-state index contributed by atoms with van der Waals surface area (Å²) in [7, 11) is 0. The molecule has 10 atom stereocenters. The van der Waals surface area contributed by atoms with Gasteiger partial charge in [0.15, 0.2) is 6.04 Å². The largest absolute Gasteiger partial charge is 0.668 e. The lowest BCUT2D eigenvalue weighted by Crippen LogP contribution is -2.79. The van der Waals surface area contributed by atoms with Gasteiger partial charge in [-0.1, -0.05) is 6.04 Å². The van der Waals surface area contributed by atoms with Crippen LogP contribution in [-0.4, -0.2) is 105 Å². The molecule has 136 valence electrons. The van der Waals surface area contributed by atoms with E-state index in [4.69, 9.17) is 25.1 Å². The molecule has 0 bridgehead atoms. The van der Waals surface area contributed by atoms with E-state index in [1.807, 2.05) is 0 Å². The van der Waals surface area contributed by atoms with Crippen LogP contribution in [-0.2, 0) is 14.2 Å². The standard InChI is InChI=1S/C12H23N2O9/c13-5-9(19)10(4(2-16)21-11(5)20)23-12-6(14)8(18)7(17)3(1-15)22-12/h3-13,15-20H,1-2,14H2/q-1/p+1. The van der Waals surface area contributed by atoms with E-state index in [1.54, 1.807) is 0 Å². The van der Waals surface area contributed by atoms with Crippen molar-refractivity contribution in [3.8, 4) is 0 Å².